The maximum atomic E-state index is 10.6. The topological polar surface area (TPSA) is 100 Å². The van der Waals surface area contributed by atoms with Crippen LogP contribution in [0.3, 0.4) is 0 Å². The molecule has 70 valence electrons. The lowest BCUT2D eigenvalue weighted by atomic mass is 10.0. The third-order valence-corrected chi connectivity index (χ3v) is 1.93. The Morgan fingerprint density at radius 1 is 1.54 bits per heavy atom. The van der Waals surface area contributed by atoms with Crippen LogP contribution in [0.1, 0.15) is 18.0 Å². The lowest BCUT2D eigenvalue weighted by molar-refractivity contribution is -0.145. The highest BCUT2D eigenvalue weighted by atomic mass is 32.1. The zero-order valence-electron chi connectivity index (χ0n) is 6.38. The first-order valence-electron chi connectivity index (χ1n) is 3.33. The summed E-state index contributed by atoms with van der Waals surface area (Å²) in [7, 11) is 0. The Morgan fingerprint density at radius 2 is 2.23 bits per heavy atom. The van der Waals surface area contributed by atoms with Gasteiger partial charge >= 0.3 is 11.9 Å². The SMILES string of the molecule is O=C(O)CC(C(=O)O)c1csnn1. The van der Waals surface area contributed by atoms with Crippen molar-refractivity contribution in [1.82, 2.24) is 9.59 Å². The molecule has 0 aliphatic rings. The van der Waals surface area contributed by atoms with Gasteiger partial charge in [-0.15, -0.1) is 5.10 Å². The predicted octanol–water partition coefficient (Wildman–Crippen LogP) is 0.181. The highest BCUT2D eigenvalue weighted by Crippen LogP contribution is 2.18. The Kier molecular flexibility index (Phi) is 2.91. The van der Waals surface area contributed by atoms with E-state index < -0.39 is 24.3 Å². The first-order chi connectivity index (χ1) is 6.11. The summed E-state index contributed by atoms with van der Waals surface area (Å²) in [6.07, 6.45) is -0.471. The van der Waals surface area contributed by atoms with Crippen LogP contribution in [0.5, 0.6) is 0 Å². The first-order valence-corrected chi connectivity index (χ1v) is 4.16. The number of carboxylic acid groups (broad SMARTS) is 2. The number of hydrogen-bond donors (Lipinski definition) is 2. The zero-order chi connectivity index (χ0) is 9.84. The van der Waals surface area contributed by atoms with Gasteiger partial charge in [-0.05, 0) is 11.5 Å². The molecule has 0 saturated heterocycles. The number of carboxylic acids is 2. The molecule has 0 spiro atoms. The standard InChI is InChI=1S/C6H6N2O4S/c9-5(10)1-3(6(11)12)4-2-13-8-7-4/h2-3H,1H2,(H,9,10)(H,11,12). The van der Waals surface area contributed by atoms with Crippen LogP contribution in [0.4, 0.5) is 0 Å². The molecule has 6 nitrogen and oxygen atoms in total. The number of hydrogen-bond acceptors (Lipinski definition) is 5. The largest absolute Gasteiger partial charge is 0.481 e. The summed E-state index contributed by atoms with van der Waals surface area (Å²) in [5.74, 6) is -3.47. The highest BCUT2D eigenvalue weighted by Gasteiger charge is 2.25. The van der Waals surface area contributed by atoms with E-state index in [0.29, 0.717) is 0 Å². The van der Waals surface area contributed by atoms with Gasteiger partial charge in [-0.2, -0.15) is 0 Å². The van der Waals surface area contributed by atoms with E-state index in [2.05, 4.69) is 9.59 Å². The van der Waals surface area contributed by atoms with Gasteiger partial charge in [-0.3, -0.25) is 9.59 Å². The maximum Gasteiger partial charge on any atom is 0.313 e. The molecule has 0 aromatic carbocycles. The molecule has 1 rings (SSSR count). The molecular weight excluding hydrogens is 196 g/mol. The van der Waals surface area contributed by atoms with Crippen LogP contribution in [0.2, 0.25) is 0 Å². The molecule has 0 saturated carbocycles. The van der Waals surface area contributed by atoms with E-state index in [1.54, 1.807) is 0 Å². The molecule has 1 aromatic heterocycles. The molecule has 0 amide bonds. The van der Waals surface area contributed by atoms with Crippen LogP contribution in [-0.4, -0.2) is 31.7 Å². The first kappa shape index (κ1) is 9.59. The van der Waals surface area contributed by atoms with Crippen molar-refractivity contribution in [2.24, 2.45) is 0 Å². The zero-order valence-corrected chi connectivity index (χ0v) is 7.19. The molecule has 0 bridgehead atoms. The van der Waals surface area contributed by atoms with Crippen molar-refractivity contribution in [3.05, 3.63) is 11.1 Å². The number of aromatic nitrogens is 2. The summed E-state index contributed by atoms with van der Waals surface area (Å²) in [6, 6.07) is 0. The number of aliphatic carboxylic acids is 2. The summed E-state index contributed by atoms with van der Waals surface area (Å²) in [5, 5.41) is 22.0. The van der Waals surface area contributed by atoms with Crippen molar-refractivity contribution in [1.29, 1.82) is 0 Å². The summed E-state index contributed by atoms with van der Waals surface area (Å²) < 4.78 is 3.47. The molecule has 0 radical (unpaired) electrons. The van der Waals surface area contributed by atoms with Gasteiger partial charge in [0, 0.05) is 5.38 Å². The minimum Gasteiger partial charge on any atom is -0.481 e. The number of carbonyl (C=O) groups is 2. The third-order valence-electron chi connectivity index (χ3n) is 1.41. The predicted molar refractivity (Wildman–Crippen MR) is 42.5 cm³/mol. The van der Waals surface area contributed by atoms with Gasteiger partial charge in [0.2, 0.25) is 0 Å². The summed E-state index contributed by atoms with van der Waals surface area (Å²) in [4.78, 5) is 20.9. The van der Waals surface area contributed by atoms with E-state index in [-0.39, 0.29) is 5.69 Å². The van der Waals surface area contributed by atoms with E-state index >= 15 is 0 Å². The number of nitrogens with zero attached hydrogens (tertiary/aromatic N) is 2. The Morgan fingerprint density at radius 3 is 2.62 bits per heavy atom. The summed E-state index contributed by atoms with van der Waals surface area (Å²) >= 11 is 0.995. The van der Waals surface area contributed by atoms with Crippen LogP contribution in [0.25, 0.3) is 0 Å². The van der Waals surface area contributed by atoms with E-state index in [9.17, 15) is 9.59 Å². The normalized spacial score (nSPS) is 12.3. The average Bonchev–Trinajstić information content (AvgIpc) is 2.50. The van der Waals surface area contributed by atoms with E-state index in [1.165, 1.54) is 5.38 Å². The third kappa shape index (κ3) is 2.48. The van der Waals surface area contributed by atoms with Gasteiger partial charge in [0.05, 0.1) is 12.1 Å². The fourth-order valence-electron chi connectivity index (χ4n) is 0.817. The quantitative estimate of drug-likeness (QED) is 0.722. The van der Waals surface area contributed by atoms with Gasteiger partial charge in [0.1, 0.15) is 5.92 Å². The Hall–Kier alpha value is -1.50. The van der Waals surface area contributed by atoms with Gasteiger partial charge in [0.25, 0.3) is 0 Å². The van der Waals surface area contributed by atoms with E-state index in [4.69, 9.17) is 10.2 Å². The molecule has 7 heteroatoms. The Balaban J connectivity index is 2.81. The second kappa shape index (κ2) is 3.94. The second-order valence-corrected chi connectivity index (χ2v) is 2.93. The summed E-state index contributed by atoms with van der Waals surface area (Å²) in [6.45, 7) is 0. The minimum absolute atomic E-state index is 0.194. The lowest BCUT2D eigenvalue weighted by Crippen LogP contribution is -2.16. The van der Waals surface area contributed by atoms with Gasteiger partial charge in [0.15, 0.2) is 0 Å². The highest BCUT2D eigenvalue weighted by molar-refractivity contribution is 7.03. The van der Waals surface area contributed by atoms with Crippen LogP contribution in [-0.2, 0) is 9.59 Å². The van der Waals surface area contributed by atoms with Crippen LogP contribution in [0, 0.1) is 0 Å². The van der Waals surface area contributed by atoms with Gasteiger partial charge < -0.3 is 10.2 Å². The molecule has 2 N–H and O–H groups in total. The summed E-state index contributed by atoms with van der Waals surface area (Å²) in [5.41, 5.74) is 0.194. The fraction of sp³-hybridized carbons (Fsp3) is 0.333. The van der Waals surface area contributed by atoms with Crippen LogP contribution >= 0.6 is 11.5 Å². The van der Waals surface area contributed by atoms with Crippen molar-refractivity contribution in [3.8, 4) is 0 Å². The lowest BCUT2D eigenvalue weighted by Gasteiger charge is -2.04. The van der Waals surface area contributed by atoms with Crippen molar-refractivity contribution in [3.63, 3.8) is 0 Å². The van der Waals surface area contributed by atoms with Crippen molar-refractivity contribution >= 4 is 23.5 Å². The second-order valence-electron chi connectivity index (χ2n) is 2.32. The molecule has 1 aromatic rings. The maximum absolute atomic E-state index is 10.6. The van der Waals surface area contributed by atoms with Gasteiger partial charge in [-0.25, -0.2) is 0 Å². The molecule has 0 aliphatic carbocycles. The minimum atomic E-state index is -1.20. The number of rotatable bonds is 4. The average molecular weight is 202 g/mol. The molecular formula is C6H6N2O4S. The Bertz CT molecular complexity index is 310. The molecule has 1 heterocycles. The van der Waals surface area contributed by atoms with Crippen LogP contribution < -0.4 is 0 Å². The van der Waals surface area contributed by atoms with Crippen LogP contribution in [0.15, 0.2) is 5.38 Å². The van der Waals surface area contributed by atoms with Gasteiger partial charge in [-0.1, -0.05) is 4.49 Å². The molecule has 0 aliphatic heterocycles. The van der Waals surface area contributed by atoms with Crippen molar-refractivity contribution in [2.45, 2.75) is 12.3 Å². The monoisotopic (exact) mass is 202 g/mol. The molecule has 13 heavy (non-hydrogen) atoms. The molecule has 1 atom stereocenters. The smallest absolute Gasteiger partial charge is 0.313 e. The van der Waals surface area contributed by atoms with E-state index in [0.717, 1.165) is 11.5 Å². The molecule has 0 fully saturated rings. The molecule has 1 unspecified atom stereocenters. The van der Waals surface area contributed by atoms with Crippen molar-refractivity contribution < 1.29 is 19.8 Å². The fourth-order valence-corrected chi connectivity index (χ4v) is 1.32. The van der Waals surface area contributed by atoms with E-state index in [1.807, 2.05) is 0 Å². The Labute approximate surface area is 77.0 Å². The van der Waals surface area contributed by atoms with Crippen molar-refractivity contribution in [2.75, 3.05) is 0 Å².